The minimum absolute atomic E-state index is 0.159. The zero-order valence-electron chi connectivity index (χ0n) is 14.1. The third kappa shape index (κ3) is 6.45. The lowest BCUT2D eigenvalue weighted by atomic mass is 10.2. The molecule has 0 aliphatic carbocycles. The molecular weight excluding hydrogens is 318 g/mol. The SMILES string of the molecule is CNS(=O)(=O)c1ccccc1NC(C)CNC(=O)OC(C)(C)C. The zero-order valence-corrected chi connectivity index (χ0v) is 15.0. The lowest BCUT2D eigenvalue weighted by Crippen LogP contribution is -2.38. The van der Waals surface area contributed by atoms with Crippen LogP contribution in [0.15, 0.2) is 29.2 Å². The van der Waals surface area contributed by atoms with Crippen LogP contribution >= 0.6 is 0 Å². The molecule has 0 spiro atoms. The van der Waals surface area contributed by atoms with Gasteiger partial charge in [-0.25, -0.2) is 17.9 Å². The molecule has 0 bridgehead atoms. The maximum Gasteiger partial charge on any atom is 0.407 e. The first-order chi connectivity index (χ1) is 10.5. The van der Waals surface area contributed by atoms with E-state index in [1.54, 1.807) is 39.0 Å². The summed E-state index contributed by atoms with van der Waals surface area (Å²) in [4.78, 5) is 11.8. The smallest absolute Gasteiger partial charge is 0.407 e. The molecule has 0 aromatic heterocycles. The van der Waals surface area contributed by atoms with Crippen LogP contribution in [0.3, 0.4) is 0 Å². The van der Waals surface area contributed by atoms with Crippen molar-refractivity contribution in [2.45, 2.75) is 44.2 Å². The van der Waals surface area contributed by atoms with Crippen LogP contribution in [0, 0.1) is 0 Å². The molecule has 7 nitrogen and oxygen atoms in total. The van der Waals surface area contributed by atoms with Crippen molar-refractivity contribution in [3.05, 3.63) is 24.3 Å². The van der Waals surface area contributed by atoms with Crippen molar-refractivity contribution < 1.29 is 17.9 Å². The van der Waals surface area contributed by atoms with Crippen molar-refractivity contribution in [3.63, 3.8) is 0 Å². The summed E-state index contributed by atoms with van der Waals surface area (Å²) in [6, 6.07) is 6.40. The largest absolute Gasteiger partial charge is 0.444 e. The molecule has 0 heterocycles. The van der Waals surface area contributed by atoms with Gasteiger partial charge < -0.3 is 15.4 Å². The third-order valence-corrected chi connectivity index (χ3v) is 4.27. The van der Waals surface area contributed by atoms with Crippen LogP contribution in [0.5, 0.6) is 0 Å². The number of rotatable bonds is 6. The van der Waals surface area contributed by atoms with Crippen molar-refractivity contribution >= 4 is 21.8 Å². The van der Waals surface area contributed by atoms with Gasteiger partial charge in [0, 0.05) is 12.6 Å². The third-order valence-electron chi connectivity index (χ3n) is 2.80. The second-order valence-electron chi connectivity index (χ2n) is 6.13. The highest BCUT2D eigenvalue weighted by Crippen LogP contribution is 2.21. The van der Waals surface area contributed by atoms with Crippen molar-refractivity contribution in [3.8, 4) is 0 Å². The molecule has 130 valence electrons. The Morgan fingerprint density at radius 1 is 1.26 bits per heavy atom. The average Bonchev–Trinajstić information content (AvgIpc) is 2.44. The van der Waals surface area contributed by atoms with Gasteiger partial charge in [-0.3, -0.25) is 0 Å². The van der Waals surface area contributed by atoms with E-state index in [-0.39, 0.29) is 10.9 Å². The van der Waals surface area contributed by atoms with Crippen LogP contribution in [0.4, 0.5) is 10.5 Å². The first-order valence-electron chi connectivity index (χ1n) is 7.31. The van der Waals surface area contributed by atoms with Gasteiger partial charge in [0.15, 0.2) is 0 Å². The lowest BCUT2D eigenvalue weighted by Gasteiger charge is -2.22. The quantitative estimate of drug-likeness (QED) is 0.733. The molecule has 8 heteroatoms. The molecule has 3 N–H and O–H groups in total. The summed E-state index contributed by atoms with van der Waals surface area (Å²) in [5, 5.41) is 5.72. The molecule has 0 radical (unpaired) electrons. The van der Waals surface area contributed by atoms with Crippen molar-refractivity contribution in [1.82, 2.24) is 10.0 Å². The Kier molecular flexibility index (Phi) is 6.40. The second kappa shape index (κ2) is 7.65. The second-order valence-corrected chi connectivity index (χ2v) is 7.99. The number of alkyl carbamates (subject to hydrolysis) is 1. The van der Waals surface area contributed by atoms with Gasteiger partial charge >= 0.3 is 6.09 Å². The van der Waals surface area contributed by atoms with E-state index in [9.17, 15) is 13.2 Å². The van der Waals surface area contributed by atoms with Gasteiger partial charge in [0.1, 0.15) is 10.5 Å². The molecule has 1 unspecified atom stereocenters. The van der Waals surface area contributed by atoms with E-state index < -0.39 is 21.7 Å². The maximum atomic E-state index is 12.0. The molecule has 1 rings (SSSR count). The fourth-order valence-corrected chi connectivity index (χ4v) is 2.69. The molecule has 1 aromatic carbocycles. The van der Waals surface area contributed by atoms with Crippen molar-refractivity contribution in [2.24, 2.45) is 0 Å². The first kappa shape index (κ1) is 19.2. The standard InChI is InChI=1S/C15H25N3O4S/c1-11(10-17-14(19)22-15(2,3)4)18-12-8-6-7-9-13(12)23(20,21)16-5/h6-9,11,16,18H,10H2,1-5H3,(H,17,19). The number of anilines is 1. The number of carbonyl (C=O) groups excluding carboxylic acids is 1. The molecule has 1 amide bonds. The lowest BCUT2D eigenvalue weighted by molar-refractivity contribution is 0.0526. The summed E-state index contributed by atoms with van der Waals surface area (Å²) in [5.74, 6) is 0. The Hall–Kier alpha value is -1.80. The molecule has 23 heavy (non-hydrogen) atoms. The fourth-order valence-electron chi connectivity index (χ4n) is 1.80. The van der Waals surface area contributed by atoms with Gasteiger partial charge in [0.05, 0.1) is 5.69 Å². The van der Waals surface area contributed by atoms with Crippen LogP contribution in [0.25, 0.3) is 0 Å². The van der Waals surface area contributed by atoms with Crippen LogP contribution in [-0.4, -0.2) is 39.7 Å². The predicted octanol–water partition coefficient (Wildman–Crippen LogP) is 1.92. The minimum atomic E-state index is -3.55. The number of hydrogen-bond donors (Lipinski definition) is 3. The number of hydrogen-bond acceptors (Lipinski definition) is 5. The van der Waals surface area contributed by atoms with E-state index in [0.717, 1.165) is 0 Å². The predicted molar refractivity (Wildman–Crippen MR) is 90.0 cm³/mol. The molecule has 0 saturated heterocycles. The molecule has 1 atom stereocenters. The van der Waals surface area contributed by atoms with Gasteiger partial charge in [0.25, 0.3) is 0 Å². The summed E-state index contributed by atoms with van der Waals surface area (Å²) in [5.41, 5.74) is -0.0888. The molecule has 1 aromatic rings. The van der Waals surface area contributed by atoms with E-state index in [1.165, 1.54) is 13.1 Å². The highest BCUT2D eigenvalue weighted by molar-refractivity contribution is 7.89. The summed E-state index contributed by atoms with van der Waals surface area (Å²) in [6.45, 7) is 7.48. The number of benzene rings is 1. The van der Waals surface area contributed by atoms with E-state index in [0.29, 0.717) is 12.2 Å². The van der Waals surface area contributed by atoms with Gasteiger partial charge in [-0.2, -0.15) is 0 Å². The monoisotopic (exact) mass is 343 g/mol. The molecule has 0 aliphatic rings. The van der Waals surface area contributed by atoms with Crippen molar-refractivity contribution in [1.29, 1.82) is 0 Å². The van der Waals surface area contributed by atoms with E-state index in [1.807, 2.05) is 6.92 Å². The van der Waals surface area contributed by atoms with Gasteiger partial charge in [0.2, 0.25) is 10.0 Å². The Labute approximate surface area is 137 Å². The van der Waals surface area contributed by atoms with Crippen LogP contribution in [0.2, 0.25) is 0 Å². The number of nitrogens with one attached hydrogen (secondary N) is 3. The first-order valence-corrected chi connectivity index (χ1v) is 8.79. The van der Waals surface area contributed by atoms with Crippen LogP contribution in [-0.2, 0) is 14.8 Å². The van der Waals surface area contributed by atoms with Crippen LogP contribution < -0.4 is 15.4 Å². The number of para-hydroxylation sites is 1. The van der Waals surface area contributed by atoms with E-state index in [2.05, 4.69) is 15.4 Å². The summed E-state index contributed by atoms with van der Waals surface area (Å²) >= 11 is 0. The molecule has 0 saturated carbocycles. The summed E-state index contributed by atoms with van der Waals surface area (Å²) in [6.07, 6.45) is -0.512. The molecular formula is C15H25N3O4S. The van der Waals surface area contributed by atoms with Gasteiger partial charge in [-0.15, -0.1) is 0 Å². The highest BCUT2D eigenvalue weighted by atomic mass is 32.2. The van der Waals surface area contributed by atoms with E-state index in [4.69, 9.17) is 4.74 Å². The highest BCUT2D eigenvalue weighted by Gasteiger charge is 2.19. The van der Waals surface area contributed by atoms with Crippen molar-refractivity contribution in [2.75, 3.05) is 18.9 Å². The Bertz CT molecular complexity index is 638. The average molecular weight is 343 g/mol. The number of ether oxygens (including phenoxy) is 1. The Morgan fingerprint density at radius 3 is 2.43 bits per heavy atom. The fraction of sp³-hybridized carbons (Fsp3) is 0.533. The number of sulfonamides is 1. The topological polar surface area (TPSA) is 96.5 Å². The summed E-state index contributed by atoms with van der Waals surface area (Å²) < 4.78 is 31.4. The number of carbonyl (C=O) groups is 1. The van der Waals surface area contributed by atoms with E-state index >= 15 is 0 Å². The maximum absolute atomic E-state index is 12.0. The minimum Gasteiger partial charge on any atom is -0.444 e. The number of amides is 1. The Morgan fingerprint density at radius 2 is 1.87 bits per heavy atom. The Balaban J connectivity index is 2.69. The molecule has 0 fully saturated rings. The molecule has 0 aliphatic heterocycles. The van der Waals surface area contributed by atoms with Gasteiger partial charge in [-0.1, -0.05) is 12.1 Å². The van der Waals surface area contributed by atoms with Gasteiger partial charge in [-0.05, 0) is 46.9 Å². The summed E-state index contributed by atoms with van der Waals surface area (Å²) in [7, 11) is -2.19. The normalized spacial score (nSPS) is 13.3. The van der Waals surface area contributed by atoms with Crippen LogP contribution in [0.1, 0.15) is 27.7 Å². The zero-order chi connectivity index (χ0) is 17.7.